The Morgan fingerprint density at radius 1 is 1.35 bits per heavy atom. The largest absolute Gasteiger partial charge is 0.384 e. The lowest BCUT2D eigenvalue weighted by molar-refractivity contribution is 0.386. The van der Waals surface area contributed by atoms with Crippen LogP contribution in [0, 0.1) is 0 Å². The summed E-state index contributed by atoms with van der Waals surface area (Å²) in [5, 5.41) is 0. The summed E-state index contributed by atoms with van der Waals surface area (Å²) in [5.41, 5.74) is 7.52. The highest BCUT2D eigenvalue weighted by atomic mass is 15.2. The molecular weight excluding hydrogens is 210 g/mol. The number of hydrogen-bond donors (Lipinski definition) is 1. The van der Waals surface area contributed by atoms with E-state index in [0.717, 1.165) is 24.4 Å². The van der Waals surface area contributed by atoms with Crippen molar-refractivity contribution in [3.05, 3.63) is 11.5 Å². The minimum absolute atomic E-state index is 0.0313. The zero-order valence-corrected chi connectivity index (χ0v) is 11.6. The van der Waals surface area contributed by atoms with Gasteiger partial charge in [0, 0.05) is 17.9 Å². The second kappa shape index (κ2) is 4.35. The molecule has 0 atom stereocenters. The smallest absolute Gasteiger partial charge is 0.127 e. The third-order valence-electron chi connectivity index (χ3n) is 3.65. The molecule has 0 bridgehead atoms. The Hall–Kier alpha value is -0.990. The van der Waals surface area contributed by atoms with Gasteiger partial charge in [-0.05, 0) is 40.0 Å². The minimum Gasteiger partial charge on any atom is -0.384 e. The number of nitrogens with zero attached hydrogens (tertiary/aromatic N) is 2. The fourth-order valence-corrected chi connectivity index (χ4v) is 2.62. The molecule has 0 saturated heterocycles. The van der Waals surface area contributed by atoms with Gasteiger partial charge in [-0.25, -0.2) is 4.98 Å². The monoisotopic (exact) mass is 235 g/mol. The van der Waals surface area contributed by atoms with Crippen molar-refractivity contribution in [2.24, 2.45) is 0 Å². The number of anilines is 1. The molecule has 1 aliphatic rings. The summed E-state index contributed by atoms with van der Waals surface area (Å²) in [6.07, 6.45) is 5.99. The van der Waals surface area contributed by atoms with E-state index >= 15 is 0 Å². The molecule has 2 N–H and O–H groups in total. The van der Waals surface area contributed by atoms with Gasteiger partial charge in [-0.2, -0.15) is 0 Å². The SMILES string of the molecule is CCCc1nc(C2CCC2)c(N)n1C(C)(C)C. The molecule has 1 saturated carbocycles. The first-order valence-electron chi connectivity index (χ1n) is 6.82. The number of aromatic nitrogens is 2. The summed E-state index contributed by atoms with van der Waals surface area (Å²) < 4.78 is 2.24. The summed E-state index contributed by atoms with van der Waals surface area (Å²) in [6, 6.07) is 0. The Morgan fingerprint density at radius 2 is 2.00 bits per heavy atom. The summed E-state index contributed by atoms with van der Waals surface area (Å²) in [6.45, 7) is 8.80. The number of rotatable bonds is 3. The minimum atomic E-state index is 0.0313. The third-order valence-corrected chi connectivity index (χ3v) is 3.65. The van der Waals surface area contributed by atoms with E-state index in [1.54, 1.807) is 0 Å². The third kappa shape index (κ3) is 2.20. The average molecular weight is 235 g/mol. The summed E-state index contributed by atoms with van der Waals surface area (Å²) >= 11 is 0. The molecule has 1 heterocycles. The van der Waals surface area contributed by atoms with Crippen LogP contribution in [0.3, 0.4) is 0 Å². The molecule has 3 heteroatoms. The molecule has 0 aromatic carbocycles. The molecule has 17 heavy (non-hydrogen) atoms. The van der Waals surface area contributed by atoms with Crippen LogP contribution < -0.4 is 5.73 Å². The molecule has 1 aromatic heterocycles. The second-order valence-corrected chi connectivity index (χ2v) is 6.18. The number of aryl methyl sites for hydroxylation is 1. The predicted molar refractivity (Wildman–Crippen MR) is 72.2 cm³/mol. The Kier molecular flexibility index (Phi) is 3.19. The van der Waals surface area contributed by atoms with E-state index < -0.39 is 0 Å². The quantitative estimate of drug-likeness (QED) is 0.872. The van der Waals surface area contributed by atoms with Gasteiger partial charge in [0.1, 0.15) is 11.6 Å². The van der Waals surface area contributed by atoms with Crippen LogP contribution in [0.5, 0.6) is 0 Å². The van der Waals surface area contributed by atoms with Crippen molar-refractivity contribution < 1.29 is 0 Å². The van der Waals surface area contributed by atoms with Gasteiger partial charge in [0.05, 0.1) is 5.69 Å². The van der Waals surface area contributed by atoms with Crippen molar-refractivity contribution in [1.29, 1.82) is 0 Å². The molecule has 1 aliphatic carbocycles. The first-order chi connectivity index (χ1) is 7.95. The lowest BCUT2D eigenvalue weighted by atomic mass is 9.83. The molecule has 1 fully saturated rings. The van der Waals surface area contributed by atoms with E-state index in [9.17, 15) is 0 Å². The average Bonchev–Trinajstić information content (AvgIpc) is 2.40. The fourth-order valence-electron chi connectivity index (χ4n) is 2.62. The van der Waals surface area contributed by atoms with E-state index in [0.29, 0.717) is 5.92 Å². The molecule has 0 spiro atoms. The summed E-state index contributed by atoms with van der Waals surface area (Å²) in [7, 11) is 0. The van der Waals surface area contributed by atoms with Crippen molar-refractivity contribution in [3.8, 4) is 0 Å². The lowest BCUT2D eigenvalue weighted by Crippen LogP contribution is -2.26. The van der Waals surface area contributed by atoms with E-state index in [-0.39, 0.29) is 5.54 Å². The predicted octanol–water partition coefficient (Wildman–Crippen LogP) is 3.44. The Bertz CT molecular complexity index is 394. The van der Waals surface area contributed by atoms with Gasteiger partial charge in [-0.1, -0.05) is 13.3 Å². The zero-order valence-electron chi connectivity index (χ0n) is 11.6. The van der Waals surface area contributed by atoms with Crippen LogP contribution in [0.1, 0.15) is 70.8 Å². The van der Waals surface area contributed by atoms with Crippen molar-refractivity contribution in [1.82, 2.24) is 9.55 Å². The highest BCUT2D eigenvalue weighted by Crippen LogP contribution is 2.40. The summed E-state index contributed by atoms with van der Waals surface area (Å²) in [4.78, 5) is 4.83. The van der Waals surface area contributed by atoms with Crippen molar-refractivity contribution >= 4 is 5.82 Å². The van der Waals surface area contributed by atoms with Crippen molar-refractivity contribution in [3.63, 3.8) is 0 Å². The maximum absolute atomic E-state index is 6.33. The van der Waals surface area contributed by atoms with E-state index in [1.165, 1.54) is 25.1 Å². The zero-order chi connectivity index (χ0) is 12.6. The molecule has 96 valence electrons. The Morgan fingerprint density at radius 3 is 2.41 bits per heavy atom. The molecule has 0 amide bonds. The lowest BCUT2D eigenvalue weighted by Gasteiger charge is -2.27. The van der Waals surface area contributed by atoms with Gasteiger partial charge in [-0.3, -0.25) is 0 Å². The number of nitrogens with two attached hydrogens (primary N) is 1. The van der Waals surface area contributed by atoms with Crippen LogP contribution in [0.25, 0.3) is 0 Å². The van der Waals surface area contributed by atoms with Crippen LogP contribution in [0.4, 0.5) is 5.82 Å². The standard InChI is InChI=1S/C14H25N3/c1-5-7-11-16-12(10-8-6-9-10)13(15)17(11)14(2,3)4/h10H,5-9,15H2,1-4H3. The highest BCUT2D eigenvalue weighted by molar-refractivity contribution is 5.42. The fraction of sp³-hybridized carbons (Fsp3) is 0.786. The van der Waals surface area contributed by atoms with E-state index in [1.807, 2.05) is 0 Å². The van der Waals surface area contributed by atoms with Gasteiger partial charge < -0.3 is 10.3 Å². The van der Waals surface area contributed by atoms with Crippen LogP contribution in [-0.2, 0) is 12.0 Å². The van der Waals surface area contributed by atoms with Crippen LogP contribution in [0.2, 0.25) is 0 Å². The Balaban J connectivity index is 2.43. The highest BCUT2D eigenvalue weighted by Gasteiger charge is 2.30. The maximum atomic E-state index is 6.33. The first kappa shape index (κ1) is 12.5. The number of hydrogen-bond acceptors (Lipinski definition) is 2. The van der Waals surface area contributed by atoms with E-state index in [2.05, 4.69) is 32.3 Å². The molecule has 1 aromatic rings. The van der Waals surface area contributed by atoms with Crippen LogP contribution >= 0.6 is 0 Å². The second-order valence-electron chi connectivity index (χ2n) is 6.18. The topological polar surface area (TPSA) is 43.8 Å². The first-order valence-corrected chi connectivity index (χ1v) is 6.82. The summed E-state index contributed by atoms with van der Waals surface area (Å²) in [5.74, 6) is 2.69. The van der Waals surface area contributed by atoms with Crippen molar-refractivity contribution in [2.75, 3.05) is 5.73 Å². The van der Waals surface area contributed by atoms with Gasteiger partial charge in [0.2, 0.25) is 0 Å². The van der Waals surface area contributed by atoms with Crippen molar-refractivity contribution in [2.45, 2.75) is 71.3 Å². The normalized spacial score (nSPS) is 17.2. The van der Waals surface area contributed by atoms with E-state index in [4.69, 9.17) is 10.7 Å². The molecule has 0 radical (unpaired) electrons. The van der Waals surface area contributed by atoms with Gasteiger partial charge in [0.15, 0.2) is 0 Å². The maximum Gasteiger partial charge on any atom is 0.127 e. The van der Waals surface area contributed by atoms with Crippen LogP contribution in [-0.4, -0.2) is 9.55 Å². The number of nitrogen functional groups attached to an aromatic ring is 1. The molecule has 2 rings (SSSR count). The molecule has 3 nitrogen and oxygen atoms in total. The van der Waals surface area contributed by atoms with Gasteiger partial charge in [-0.15, -0.1) is 0 Å². The molecular formula is C14H25N3. The van der Waals surface area contributed by atoms with Gasteiger partial charge in [0.25, 0.3) is 0 Å². The molecule has 0 unspecified atom stereocenters. The number of imidazole rings is 1. The Labute approximate surface area is 104 Å². The van der Waals surface area contributed by atoms with Gasteiger partial charge >= 0.3 is 0 Å². The van der Waals surface area contributed by atoms with Crippen LogP contribution in [0.15, 0.2) is 0 Å². The molecule has 0 aliphatic heterocycles.